The predicted octanol–water partition coefficient (Wildman–Crippen LogP) is 3.92. The molecule has 19 heavy (non-hydrogen) atoms. The second-order valence-electron chi connectivity index (χ2n) is 4.68. The number of hydrogen-bond acceptors (Lipinski definition) is 2. The van der Waals surface area contributed by atoms with Gasteiger partial charge >= 0.3 is 0 Å². The van der Waals surface area contributed by atoms with Crippen LogP contribution in [0.15, 0.2) is 42.5 Å². The quantitative estimate of drug-likeness (QED) is 0.916. The molecule has 0 aliphatic carbocycles. The summed E-state index contributed by atoms with van der Waals surface area (Å²) in [5.41, 5.74) is 10.3. The molecule has 0 aliphatic rings. The van der Waals surface area contributed by atoms with Crippen LogP contribution in [0.4, 0.5) is 11.4 Å². The third kappa shape index (κ3) is 3.09. The van der Waals surface area contributed by atoms with Crippen LogP contribution in [0.2, 0.25) is 5.02 Å². The number of anilines is 2. The molecule has 2 nitrogen and oxygen atoms in total. The number of hydrogen-bond donors (Lipinski definition) is 1. The Kier molecular flexibility index (Phi) is 4.46. The van der Waals surface area contributed by atoms with Crippen LogP contribution in [0, 0.1) is 6.92 Å². The van der Waals surface area contributed by atoms with Crippen molar-refractivity contribution >= 4 is 23.0 Å². The summed E-state index contributed by atoms with van der Waals surface area (Å²) in [6.07, 6.45) is 0.825. The molecule has 100 valence electrons. The van der Waals surface area contributed by atoms with Gasteiger partial charge in [0, 0.05) is 12.7 Å². The molecule has 2 N–H and O–H groups in total. The number of benzene rings is 2. The highest BCUT2D eigenvalue weighted by Crippen LogP contribution is 2.34. The lowest BCUT2D eigenvalue weighted by atomic mass is 10.1. The van der Waals surface area contributed by atoms with E-state index in [0.29, 0.717) is 6.54 Å². The second kappa shape index (κ2) is 6.09. The molecule has 2 rings (SSSR count). The van der Waals surface area contributed by atoms with E-state index in [2.05, 4.69) is 42.2 Å². The Morgan fingerprint density at radius 3 is 2.58 bits per heavy atom. The van der Waals surface area contributed by atoms with Crippen molar-refractivity contribution < 1.29 is 0 Å². The summed E-state index contributed by atoms with van der Waals surface area (Å²) in [4.78, 5) is 2.13. The lowest BCUT2D eigenvalue weighted by Crippen LogP contribution is -2.14. The third-order valence-corrected chi connectivity index (χ3v) is 3.51. The number of nitrogens with zero attached hydrogens (tertiary/aromatic N) is 1. The van der Waals surface area contributed by atoms with E-state index in [-0.39, 0.29) is 0 Å². The Morgan fingerprint density at radius 1 is 1.16 bits per heavy atom. The first kappa shape index (κ1) is 13.9. The monoisotopic (exact) mass is 274 g/mol. The molecule has 0 amide bonds. The summed E-state index contributed by atoms with van der Waals surface area (Å²) < 4.78 is 0. The first-order valence-corrected chi connectivity index (χ1v) is 6.79. The molecule has 0 saturated carbocycles. The first-order valence-electron chi connectivity index (χ1n) is 6.41. The first-order chi connectivity index (χ1) is 9.13. The van der Waals surface area contributed by atoms with Crippen molar-refractivity contribution in [3.05, 3.63) is 58.6 Å². The summed E-state index contributed by atoms with van der Waals surface area (Å²) in [7, 11) is 2.04. The third-order valence-electron chi connectivity index (χ3n) is 3.21. The second-order valence-corrected chi connectivity index (χ2v) is 5.09. The average molecular weight is 275 g/mol. The summed E-state index contributed by atoms with van der Waals surface area (Å²) >= 11 is 6.37. The molecule has 0 fully saturated rings. The lowest BCUT2D eigenvalue weighted by molar-refractivity contribution is 0.961. The molecule has 0 saturated heterocycles. The molecule has 2 aromatic carbocycles. The highest BCUT2D eigenvalue weighted by atomic mass is 35.5. The van der Waals surface area contributed by atoms with Crippen molar-refractivity contribution in [2.24, 2.45) is 5.73 Å². The van der Waals surface area contributed by atoms with E-state index in [1.165, 1.54) is 11.1 Å². The van der Waals surface area contributed by atoms with Gasteiger partial charge in [-0.2, -0.15) is 0 Å². The minimum Gasteiger partial charge on any atom is -0.343 e. The normalized spacial score (nSPS) is 10.5. The van der Waals surface area contributed by atoms with Gasteiger partial charge < -0.3 is 10.6 Å². The molecule has 0 radical (unpaired) electrons. The van der Waals surface area contributed by atoms with Crippen molar-refractivity contribution in [1.82, 2.24) is 0 Å². The van der Waals surface area contributed by atoms with Gasteiger partial charge in [-0.25, -0.2) is 0 Å². The fourth-order valence-corrected chi connectivity index (χ4v) is 2.58. The maximum absolute atomic E-state index is 6.37. The van der Waals surface area contributed by atoms with Gasteiger partial charge in [0.25, 0.3) is 0 Å². The van der Waals surface area contributed by atoms with E-state index in [1.807, 2.05) is 19.2 Å². The lowest BCUT2D eigenvalue weighted by Gasteiger charge is -2.24. The van der Waals surface area contributed by atoms with Gasteiger partial charge in [0.05, 0.1) is 10.7 Å². The van der Waals surface area contributed by atoms with Crippen molar-refractivity contribution in [1.29, 1.82) is 0 Å². The van der Waals surface area contributed by atoms with Gasteiger partial charge in [0.2, 0.25) is 0 Å². The van der Waals surface area contributed by atoms with E-state index in [1.54, 1.807) is 0 Å². The zero-order valence-corrected chi connectivity index (χ0v) is 12.1. The summed E-state index contributed by atoms with van der Waals surface area (Å²) in [6.45, 7) is 2.71. The SMILES string of the molecule is Cc1cccc(N(C)c2c(Cl)cccc2CCN)c1. The molecule has 3 heteroatoms. The summed E-state index contributed by atoms with van der Waals surface area (Å²) in [5, 5.41) is 0.759. The minimum atomic E-state index is 0.620. The van der Waals surface area contributed by atoms with E-state index < -0.39 is 0 Å². The van der Waals surface area contributed by atoms with Crippen molar-refractivity contribution in [3.8, 4) is 0 Å². The molecule has 2 aromatic rings. The van der Waals surface area contributed by atoms with Crippen LogP contribution in [-0.4, -0.2) is 13.6 Å². The van der Waals surface area contributed by atoms with Gasteiger partial charge in [-0.15, -0.1) is 0 Å². The van der Waals surface area contributed by atoms with Crippen molar-refractivity contribution in [2.75, 3.05) is 18.5 Å². The molecule has 0 atom stereocenters. The fourth-order valence-electron chi connectivity index (χ4n) is 2.26. The van der Waals surface area contributed by atoms with Gasteiger partial charge in [0.1, 0.15) is 0 Å². The number of rotatable bonds is 4. The van der Waals surface area contributed by atoms with Crippen LogP contribution in [0.5, 0.6) is 0 Å². The van der Waals surface area contributed by atoms with Gasteiger partial charge in [-0.05, 0) is 49.2 Å². The smallest absolute Gasteiger partial charge is 0.0645 e. The Hall–Kier alpha value is -1.51. The van der Waals surface area contributed by atoms with Crippen LogP contribution >= 0.6 is 11.6 Å². The largest absolute Gasteiger partial charge is 0.343 e. The van der Waals surface area contributed by atoms with Crippen LogP contribution in [0.3, 0.4) is 0 Å². The minimum absolute atomic E-state index is 0.620. The van der Waals surface area contributed by atoms with Gasteiger partial charge in [-0.1, -0.05) is 35.9 Å². The number of halogens is 1. The Balaban J connectivity index is 2.45. The standard InChI is InChI=1S/C16H19ClN2/c1-12-5-3-7-14(11-12)19(2)16-13(9-10-18)6-4-8-15(16)17/h3-8,11H,9-10,18H2,1-2H3. The molecule has 0 unspecified atom stereocenters. The molecular formula is C16H19ClN2. The average Bonchev–Trinajstić information content (AvgIpc) is 2.39. The highest BCUT2D eigenvalue weighted by molar-refractivity contribution is 6.33. The van der Waals surface area contributed by atoms with E-state index in [9.17, 15) is 0 Å². The van der Waals surface area contributed by atoms with E-state index in [0.717, 1.165) is 22.8 Å². The zero-order chi connectivity index (χ0) is 13.8. The molecule has 0 aliphatic heterocycles. The fraction of sp³-hybridized carbons (Fsp3) is 0.250. The molecule has 0 bridgehead atoms. The molecule has 0 spiro atoms. The van der Waals surface area contributed by atoms with E-state index >= 15 is 0 Å². The van der Waals surface area contributed by atoms with Crippen molar-refractivity contribution in [2.45, 2.75) is 13.3 Å². The predicted molar refractivity (Wildman–Crippen MR) is 83.5 cm³/mol. The Bertz CT molecular complexity index is 566. The summed E-state index contributed by atoms with van der Waals surface area (Å²) in [5.74, 6) is 0. The maximum Gasteiger partial charge on any atom is 0.0645 e. The van der Waals surface area contributed by atoms with Crippen LogP contribution in [-0.2, 0) is 6.42 Å². The zero-order valence-electron chi connectivity index (χ0n) is 11.4. The van der Waals surface area contributed by atoms with Crippen LogP contribution < -0.4 is 10.6 Å². The van der Waals surface area contributed by atoms with Crippen LogP contribution in [0.1, 0.15) is 11.1 Å². The highest BCUT2D eigenvalue weighted by Gasteiger charge is 2.12. The topological polar surface area (TPSA) is 29.3 Å². The number of aryl methyl sites for hydroxylation is 1. The van der Waals surface area contributed by atoms with Gasteiger partial charge in [-0.3, -0.25) is 0 Å². The molecule has 0 aromatic heterocycles. The number of nitrogens with two attached hydrogens (primary N) is 1. The van der Waals surface area contributed by atoms with E-state index in [4.69, 9.17) is 17.3 Å². The number of para-hydroxylation sites is 1. The summed E-state index contributed by atoms with van der Waals surface area (Å²) in [6, 6.07) is 14.4. The molecular weight excluding hydrogens is 256 g/mol. The van der Waals surface area contributed by atoms with Gasteiger partial charge in [0.15, 0.2) is 0 Å². The van der Waals surface area contributed by atoms with Crippen molar-refractivity contribution in [3.63, 3.8) is 0 Å². The Morgan fingerprint density at radius 2 is 1.89 bits per heavy atom. The maximum atomic E-state index is 6.37. The Labute approximate surface area is 119 Å². The molecule has 0 heterocycles. The van der Waals surface area contributed by atoms with Crippen LogP contribution in [0.25, 0.3) is 0 Å².